The second-order valence-corrected chi connectivity index (χ2v) is 15.8. The lowest BCUT2D eigenvalue weighted by Gasteiger charge is -2.31. The maximum Gasteiger partial charge on any atom is 0.343 e. The summed E-state index contributed by atoms with van der Waals surface area (Å²) >= 11 is 0. The van der Waals surface area contributed by atoms with Crippen molar-refractivity contribution in [3.8, 4) is 11.4 Å². The number of nitrogen functional groups attached to an aromatic ring is 1. The molecule has 3 aromatic rings. The van der Waals surface area contributed by atoms with E-state index in [0.717, 1.165) is 4.90 Å². The van der Waals surface area contributed by atoms with Gasteiger partial charge in [0.1, 0.15) is 12.4 Å². The lowest BCUT2D eigenvalue weighted by molar-refractivity contribution is -0.172. The highest BCUT2D eigenvalue weighted by molar-refractivity contribution is 8.77. The van der Waals surface area contributed by atoms with Gasteiger partial charge in [0.15, 0.2) is 5.60 Å². The third kappa shape index (κ3) is 6.07. The van der Waals surface area contributed by atoms with Crippen LogP contribution in [-0.2, 0) is 49.2 Å². The molecule has 3 aliphatic heterocycles. The van der Waals surface area contributed by atoms with Gasteiger partial charge in [-0.2, -0.15) is 0 Å². The molecular formula is C33H36FN5O7S2. The Balaban J connectivity index is 1.19. The zero-order valence-electron chi connectivity index (χ0n) is 27.7. The topological polar surface area (TPSA) is 174 Å². The van der Waals surface area contributed by atoms with Crippen LogP contribution in [0.5, 0.6) is 0 Å². The molecule has 0 aliphatic carbocycles. The normalized spacial score (nSPS) is 20.4. The molecule has 5 heterocycles. The number of imide groups is 1. The van der Waals surface area contributed by atoms with Crippen molar-refractivity contribution in [1.29, 1.82) is 0 Å². The van der Waals surface area contributed by atoms with Gasteiger partial charge in [-0.1, -0.05) is 28.5 Å². The summed E-state index contributed by atoms with van der Waals surface area (Å²) in [5.41, 5.74) is 5.99. The lowest BCUT2D eigenvalue weighted by atomic mass is 9.86. The fourth-order valence-corrected chi connectivity index (χ4v) is 8.74. The summed E-state index contributed by atoms with van der Waals surface area (Å²) in [5.74, 6) is -2.02. The first-order chi connectivity index (χ1) is 23.1. The molecule has 1 aromatic carbocycles. The van der Waals surface area contributed by atoms with Gasteiger partial charge in [-0.05, 0) is 44.4 Å². The molecule has 254 valence electrons. The van der Waals surface area contributed by atoms with Crippen molar-refractivity contribution in [3.63, 3.8) is 0 Å². The minimum absolute atomic E-state index is 0.0107. The number of pyridine rings is 2. The van der Waals surface area contributed by atoms with Crippen LogP contribution in [0.4, 0.5) is 10.1 Å². The van der Waals surface area contributed by atoms with Gasteiger partial charge < -0.3 is 25.5 Å². The first kappa shape index (κ1) is 32.6. The van der Waals surface area contributed by atoms with Gasteiger partial charge >= 0.3 is 5.97 Å². The van der Waals surface area contributed by atoms with Crippen LogP contribution < -0.4 is 16.6 Å². The minimum Gasteiger partial charge on any atom is -0.458 e. The number of aliphatic hydroxyl groups is 1. The van der Waals surface area contributed by atoms with Crippen LogP contribution in [0.1, 0.15) is 76.5 Å². The number of ether oxygens (including phenoxy) is 1. The Kier molecular flexibility index (Phi) is 8.71. The summed E-state index contributed by atoms with van der Waals surface area (Å²) in [6.45, 7) is 5.72. The highest BCUT2D eigenvalue weighted by atomic mass is 33.1. The van der Waals surface area contributed by atoms with Gasteiger partial charge in [-0.3, -0.25) is 24.1 Å². The van der Waals surface area contributed by atoms with Crippen LogP contribution in [-0.4, -0.2) is 60.3 Å². The number of nitrogens with zero attached hydrogens (tertiary/aromatic N) is 3. The Hall–Kier alpha value is -3.95. The van der Waals surface area contributed by atoms with Crippen LogP contribution in [0.25, 0.3) is 22.3 Å². The standard InChI is InChI=1S/C33H36FN5O7S2/c1-4-33(45)21-12-25-29-19(15-39(25)30(43)20(21)16-46-31(33)44)18(17-11-23(35)22(34)13-24(17)37-29)14-36-26(40)7-8-32(2,3)48-47-10-9-38-27(41)5-6-28(38)42/h11-13,45H,4-10,14-16,35H2,1-3H3,(H,36,40)/t33-/m0/s1/i5T/t5?,33-. The van der Waals surface area contributed by atoms with E-state index < -0.39 is 35.3 Å². The summed E-state index contributed by atoms with van der Waals surface area (Å²) in [6.07, 6.45) is -0.384. The Labute approximate surface area is 284 Å². The van der Waals surface area contributed by atoms with E-state index in [2.05, 4.69) is 5.32 Å². The van der Waals surface area contributed by atoms with Crippen LogP contribution in [0.3, 0.4) is 0 Å². The van der Waals surface area contributed by atoms with Crippen LogP contribution >= 0.6 is 21.6 Å². The number of nitrogens with one attached hydrogen (secondary N) is 1. The van der Waals surface area contributed by atoms with Crippen LogP contribution in [0.15, 0.2) is 23.0 Å². The molecule has 48 heavy (non-hydrogen) atoms. The second-order valence-electron chi connectivity index (χ2n) is 12.6. The Morgan fingerprint density at radius 3 is 2.71 bits per heavy atom. The number of esters is 1. The minimum atomic E-state index is -2.00. The number of fused-ring (bicyclic) bond motifs is 5. The number of hydrogen-bond acceptors (Lipinski definition) is 11. The number of cyclic esters (lactones) is 1. The fourth-order valence-electron chi connectivity index (χ4n) is 6.22. The molecule has 2 atom stereocenters. The SMILES string of the molecule is [3H]C1CC(=O)N(CCSSC(C)(C)CCC(=O)NCc2c3c(nc4cc(F)c(N)cc24)-c2cc4c(c(=O)n2C3)COC(=O)[C@]4(O)CC)C1=O. The van der Waals surface area contributed by atoms with E-state index in [-0.39, 0.29) is 84.4 Å². The second kappa shape index (κ2) is 12.8. The van der Waals surface area contributed by atoms with Gasteiger partial charge in [-0.25, -0.2) is 14.2 Å². The number of halogens is 1. The van der Waals surface area contributed by atoms with Gasteiger partial charge in [0.05, 0.1) is 34.7 Å². The summed E-state index contributed by atoms with van der Waals surface area (Å²) in [5, 5.41) is 14.7. The fraction of sp³-hybridized carbons (Fsp3) is 0.455. The van der Waals surface area contributed by atoms with Crippen molar-refractivity contribution < 1.29 is 34.8 Å². The van der Waals surface area contributed by atoms with Gasteiger partial charge in [0.25, 0.3) is 5.56 Å². The van der Waals surface area contributed by atoms with Crippen molar-refractivity contribution in [2.75, 3.05) is 18.0 Å². The molecule has 1 unspecified atom stereocenters. The molecule has 0 spiro atoms. The molecule has 1 saturated heterocycles. The van der Waals surface area contributed by atoms with Gasteiger partial charge in [-0.15, -0.1) is 0 Å². The van der Waals surface area contributed by atoms with E-state index in [1.807, 2.05) is 13.8 Å². The monoisotopic (exact) mass is 699 g/mol. The average molecular weight is 700 g/mol. The van der Waals surface area contributed by atoms with Gasteiger partial charge in [0, 0.05) is 66.8 Å². The Bertz CT molecular complexity index is 1990. The Morgan fingerprint density at radius 1 is 1.23 bits per heavy atom. The first-order valence-electron chi connectivity index (χ1n) is 16.1. The molecule has 1 fully saturated rings. The van der Waals surface area contributed by atoms with E-state index in [9.17, 15) is 33.5 Å². The predicted molar refractivity (Wildman–Crippen MR) is 180 cm³/mol. The summed E-state index contributed by atoms with van der Waals surface area (Å²) in [7, 11) is 3.05. The largest absolute Gasteiger partial charge is 0.458 e. The molecule has 0 bridgehead atoms. The zero-order valence-corrected chi connectivity index (χ0v) is 28.3. The number of aromatic nitrogens is 2. The van der Waals surface area contributed by atoms with Crippen LogP contribution in [0.2, 0.25) is 0 Å². The summed E-state index contributed by atoms with van der Waals surface area (Å²) in [4.78, 5) is 69.1. The number of nitrogens with two attached hydrogens (primary N) is 1. The van der Waals surface area contributed by atoms with E-state index in [0.29, 0.717) is 40.1 Å². The maximum atomic E-state index is 14.7. The van der Waals surface area contributed by atoms with E-state index in [1.54, 1.807) is 23.8 Å². The van der Waals surface area contributed by atoms with Crippen molar-refractivity contribution in [2.24, 2.45) is 0 Å². The molecule has 0 saturated carbocycles. The molecule has 12 nitrogen and oxygen atoms in total. The molecule has 3 aliphatic rings. The smallest absolute Gasteiger partial charge is 0.343 e. The van der Waals surface area contributed by atoms with E-state index >= 15 is 0 Å². The number of benzene rings is 1. The van der Waals surface area contributed by atoms with Crippen molar-refractivity contribution in [1.82, 2.24) is 19.8 Å². The first-order valence-corrected chi connectivity index (χ1v) is 17.9. The number of likely N-dealkylation sites (tertiary alicyclic amines) is 1. The summed E-state index contributed by atoms with van der Waals surface area (Å²) < 4.78 is 28.6. The quantitative estimate of drug-likeness (QED) is 0.0688. The third-order valence-electron chi connectivity index (χ3n) is 9.04. The molecule has 2 aromatic heterocycles. The average Bonchev–Trinajstić information content (AvgIpc) is 3.54. The third-order valence-corrected chi connectivity index (χ3v) is 12.4. The predicted octanol–water partition coefficient (Wildman–Crippen LogP) is 3.51. The number of amides is 3. The van der Waals surface area contributed by atoms with Crippen molar-refractivity contribution in [3.05, 3.63) is 56.6 Å². The number of carbonyl (C=O) groups is 4. The van der Waals surface area contributed by atoms with Crippen molar-refractivity contribution >= 4 is 61.9 Å². The molecule has 6 rings (SSSR count). The number of anilines is 1. The number of carbonyl (C=O) groups excluding carboxylic acids is 4. The molecule has 4 N–H and O–H groups in total. The number of rotatable bonds is 11. The van der Waals surface area contributed by atoms with Crippen molar-refractivity contribution in [2.45, 2.75) is 82.9 Å². The van der Waals surface area contributed by atoms with E-state index in [4.69, 9.17) is 16.8 Å². The molecule has 15 heteroatoms. The lowest BCUT2D eigenvalue weighted by Crippen LogP contribution is -2.44. The van der Waals surface area contributed by atoms with Crippen LogP contribution in [0, 0.1) is 5.82 Å². The highest BCUT2D eigenvalue weighted by Crippen LogP contribution is 2.41. The van der Waals surface area contributed by atoms with E-state index in [1.165, 1.54) is 27.5 Å². The molecule has 3 amide bonds. The molecule has 0 radical (unpaired) electrons. The van der Waals surface area contributed by atoms with Gasteiger partial charge in [0.2, 0.25) is 17.7 Å². The number of hydrogen-bond donors (Lipinski definition) is 3. The Morgan fingerprint density at radius 2 is 2.00 bits per heavy atom. The molecular weight excluding hydrogens is 662 g/mol. The maximum absolute atomic E-state index is 14.7. The summed E-state index contributed by atoms with van der Waals surface area (Å²) in [6, 6.07) is 4.24. The zero-order chi connectivity index (χ0) is 35.4. The highest BCUT2D eigenvalue weighted by Gasteiger charge is 2.45.